The third-order valence-corrected chi connectivity index (χ3v) is 4.38. The molecule has 1 aliphatic carbocycles. The second-order valence-corrected chi connectivity index (χ2v) is 5.37. The van der Waals surface area contributed by atoms with Crippen molar-refractivity contribution in [3.8, 4) is 0 Å². The molecule has 0 spiro atoms. The number of hydrogen-bond acceptors (Lipinski definition) is 3. The van der Waals surface area contributed by atoms with Gasteiger partial charge in [0, 0.05) is 4.88 Å². The van der Waals surface area contributed by atoms with Gasteiger partial charge in [-0.25, -0.2) is 4.98 Å². The molecule has 15 heavy (non-hydrogen) atoms. The van der Waals surface area contributed by atoms with Crippen LogP contribution in [0.2, 0.25) is 0 Å². The highest BCUT2D eigenvalue weighted by Crippen LogP contribution is 2.32. The summed E-state index contributed by atoms with van der Waals surface area (Å²) in [7, 11) is 2.05. The first kappa shape index (κ1) is 11.1. The van der Waals surface area contributed by atoms with Crippen molar-refractivity contribution in [1.82, 2.24) is 10.3 Å². The molecule has 0 aliphatic heterocycles. The molecular formula is C12H20N2S. The van der Waals surface area contributed by atoms with Gasteiger partial charge in [-0.1, -0.05) is 19.8 Å². The van der Waals surface area contributed by atoms with Gasteiger partial charge in [0.05, 0.1) is 11.7 Å². The molecule has 0 bridgehead atoms. The van der Waals surface area contributed by atoms with Crippen LogP contribution in [0.25, 0.3) is 0 Å². The van der Waals surface area contributed by atoms with E-state index in [0.29, 0.717) is 6.04 Å². The summed E-state index contributed by atoms with van der Waals surface area (Å²) in [6, 6.07) is 0.487. The van der Waals surface area contributed by atoms with Crippen LogP contribution in [0.15, 0.2) is 0 Å². The first-order valence-electron chi connectivity index (χ1n) is 6.01. The molecule has 0 fully saturated rings. The van der Waals surface area contributed by atoms with E-state index in [1.165, 1.54) is 49.2 Å². The molecule has 1 aromatic heterocycles. The topological polar surface area (TPSA) is 24.9 Å². The number of thiazole rings is 1. The van der Waals surface area contributed by atoms with E-state index in [4.69, 9.17) is 4.98 Å². The summed E-state index contributed by atoms with van der Waals surface area (Å²) >= 11 is 1.93. The molecule has 2 nitrogen and oxygen atoms in total. The Morgan fingerprint density at radius 1 is 1.47 bits per heavy atom. The fourth-order valence-electron chi connectivity index (χ4n) is 2.16. The van der Waals surface area contributed by atoms with Crippen molar-refractivity contribution >= 4 is 11.3 Å². The molecule has 3 heteroatoms. The summed E-state index contributed by atoms with van der Waals surface area (Å²) < 4.78 is 0. The van der Waals surface area contributed by atoms with Gasteiger partial charge < -0.3 is 5.32 Å². The van der Waals surface area contributed by atoms with Gasteiger partial charge in [-0.15, -0.1) is 11.3 Å². The zero-order valence-electron chi connectivity index (χ0n) is 9.68. The molecule has 0 saturated carbocycles. The van der Waals surface area contributed by atoms with Crippen molar-refractivity contribution in [2.24, 2.45) is 0 Å². The van der Waals surface area contributed by atoms with E-state index in [9.17, 15) is 0 Å². The third kappa shape index (κ3) is 2.40. The van der Waals surface area contributed by atoms with Crippen LogP contribution in [0.4, 0.5) is 0 Å². The summed E-state index contributed by atoms with van der Waals surface area (Å²) in [5.41, 5.74) is 1.38. The molecule has 1 aliphatic rings. The molecule has 1 heterocycles. The van der Waals surface area contributed by atoms with Crippen molar-refractivity contribution in [1.29, 1.82) is 0 Å². The Morgan fingerprint density at radius 2 is 2.33 bits per heavy atom. The minimum Gasteiger partial charge on any atom is -0.311 e. The minimum atomic E-state index is 0.487. The maximum atomic E-state index is 4.77. The van der Waals surface area contributed by atoms with Gasteiger partial charge in [0.2, 0.25) is 0 Å². The predicted molar refractivity (Wildman–Crippen MR) is 65.5 cm³/mol. The van der Waals surface area contributed by atoms with E-state index in [1.807, 2.05) is 18.4 Å². The zero-order valence-corrected chi connectivity index (χ0v) is 10.5. The molecule has 2 rings (SSSR count). The molecule has 1 unspecified atom stereocenters. The Morgan fingerprint density at radius 3 is 3.00 bits per heavy atom. The maximum Gasteiger partial charge on any atom is 0.110 e. The summed E-state index contributed by atoms with van der Waals surface area (Å²) in [5.74, 6) is 0. The van der Waals surface area contributed by atoms with Crippen molar-refractivity contribution in [2.45, 2.75) is 51.5 Å². The molecule has 1 N–H and O–H groups in total. The zero-order chi connectivity index (χ0) is 10.7. The van der Waals surface area contributed by atoms with Gasteiger partial charge in [0.15, 0.2) is 0 Å². The highest BCUT2D eigenvalue weighted by molar-refractivity contribution is 7.11. The Balaban J connectivity index is 2.06. The second-order valence-electron chi connectivity index (χ2n) is 4.26. The van der Waals surface area contributed by atoms with Crippen LogP contribution in [-0.2, 0) is 12.8 Å². The molecular weight excluding hydrogens is 204 g/mol. The van der Waals surface area contributed by atoms with Gasteiger partial charge >= 0.3 is 0 Å². The molecule has 1 atom stereocenters. The molecule has 0 radical (unpaired) electrons. The lowest BCUT2D eigenvalue weighted by molar-refractivity contribution is 0.519. The number of fused-ring (bicyclic) bond motifs is 1. The van der Waals surface area contributed by atoms with E-state index in [0.717, 1.165) is 0 Å². The highest BCUT2D eigenvalue weighted by Gasteiger charge is 2.20. The number of nitrogens with zero attached hydrogens (tertiary/aromatic N) is 1. The van der Waals surface area contributed by atoms with Gasteiger partial charge in [-0.3, -0.25) is 0 Å². The van der Waals surface area contributed by atoms with Crippen LogP contribution in [0.5, 0.6) is 0 Å². The number of rotatable bonds is 5. The van der Waals surface area contributed by atoms with Gasteiger partial charge in [0.25, 0.3) is 0 Å². The van der Waals surface area contributed by atoms with Crippen molar-refractivity contribution < 1.29 is 0 Å². The van der Waals surface area contributed by atoms with Crippen molar-refractivity contribution in [2.75, 3.05) is 7.05 Å². The maximum absolute atomic E-state index is 4.77. The lowest BCUT2D eigenvalue weighted by Gasteiger charge is -2.12. The second kappa shape index (κ2) is 5.08. The average molecular weight is 224 g/mol. The van der Waals surface area contributed by atoms with Crippen LogP contribution in [-0.4, -0.2) is 12.0 Å². The summed E-state index contributed by atoms with van der Waals surface area (Å²) in [5, 5.41) is 4.71. The van der Waals surface area contributed by atoms with Crippen LogP contribution in [0.3, 0.4) is 0 Å². The van der Waals surface area contributed by atoms with Gasteiger partial charge in [-0.2, -0.15) is 0 Å². The number of aryl methyl sites for hydroxylation is 2. The highest BCUT2D eigenvalue weighted by atomic mass is 32.1. The lowest BCUT2D eigenvalue weighted by Crippen LogP contribution is -2.16. The molecule has 0 amide bonds. The van der Waals surface area contributed by atoms with E-state index in [-0.39, 0.29) is 0 Å². The number of unbranched alkanes of at least 4 members (excludes halogenated alkanes) is 1. The SMILES string of the molecule is CCCCC(NC)c1nc2c(s1)CCC2. The number of aromatic nitrogens is 1. The van der Waals surface area contributed by atoms with Crippen LogP contribution < -0.4 is 5.32 Å². The van der Waals surface area contributed by atoms with Crippen LogP contribution in [0.1, 0.15) is 54.2 Å². The van der Waals surface area contributed by atoms with Crippen LogP contribution in [0, 0.1) is 0 Å². The first-order chi connectivity index (χ1) is 7.35. The van der Waals surface area contributed by atoms with E-state index >= 15 is 0 Å². The quantitative estimate of drug-likeness (QED) is 0.831. The standard InChI is InChI=1S/C12H20N2S/c1-3-4-6-10(13-2)12-14-9-7-5-8-11(9)15-12/h10,13H,3-8H2,1-2H3. The monoisotopic (exact) mass is 224 g/mol. The Hall–Kier alpha value is -0.410. The van der Waals surface area contributed by atoms with Gasteiger partial charge in [0.1, 0.15) is 5.01 Å². The van der Waals surface area contributed by atoms with E-state index in [2.05, 4.69) is 12.2 Å². The summed E-state index contributed by atoms with van der Waals surface area (Å²) in [4.78, 5) is 6.31. The number of hydrogen-bond donors (Lipinski definition) is 1. The molecule has 0 aromatic carbocycles. The smallest absolute Gasteiger partial charge is 0.110 e. The normalized spacial score (nSPS) is 16.7. The predicted octanol–water partition coefficient (Wildman–Crippen LogP) is 3.08. The fourth-order valence-corrected chi connectivity index (χ4v) is 3.46. The third-order valence-electron chi connectivity index (χ3n) is 3.11. The number of nitrogens with one attached hydrogen (secondary N) is 1. The van der Waals surface area contributed by atoms with Gasteiger partial charge in [-0.05, 0) is 32.7 Å². The largest absolute Gasteiger partial charge is 0.311 e. The van der Waals surface area contributed by atoms with Crippen molar-refractivity contribution in [3.63, 3.8) is 0 Å². The minimum absolute atomic E-state index is 0.487. The molecule has 1 aromatic rings. The summed E-state index contributed by atoms with van der Waals surface area (Å²) in [6.45, 7) is 2.24. The van der Waals surface area contributed by atoms with Crippen molar-refractivity contribution in [3.05, 3.63) is 15.6 Å². The Kier molecular flexibility index (Phi) is 3.76. The van der Waals surface area contributed by atoms with Crippen LogP contribution >= 0.6 is 11.3 Å². The van der Waals surface area contributed by atoms with E-state index in [1.54, 1.807) is 4.88 Å². The Bertz CT molecular complexity index is 298. The first-order valence-corrected chi connectivity index (χ1v) is 6.82. The summed E-state index contributed by atoms with van der Waals surface area (Å²) in [6.07, 6.45) is 7.55. The Labute approximate surface area is 96.1 Å². The average Bonchev–Trinajstić information content (AvgIpc) is 2.79. The van der Waals surface area contributed by atoms with E-state index < -0.39 is 0 Å². The lowest BCUT2D eigenvalue weighted by atomic mass is 10.1. The molecule has 0 saturated heterocycles. The molecule has 84 valence electrons. The fraction of sp³-hybridized carbons (Fsp3) is 0.750.